The molecular formula is C16H22F4N2. The molecule has 1 saturated heterocycles. The molecule has 1 aliphatic rings. The van der Waals surface area contributed by atoms with Gasteiger partial charge in [0.25, 0.3) is 0 Å². The Kier molecular flexibility index (Phi) is 5.45. The number of rotatable bonds is 4. The minimum absolute atomic E-state index is 0.0599. The molecule has 0 saturated carbocycles. The lowest BCUT2D eigenvalue weighted by Crippen LogP contribution is -2.47. The lowest BCUT2D eigenvalue weighted by Gasteiger charge is -2.39. The minimum Gasteiger partial charge on any atom is -0.314 e. The molecule has 0 bridgehead atoms. The summed E-state index contributed by atoms with van der Waals surface area (Å²) in [6.45, 7) is 6.84. The van der Waals surface area contributed by atoms with Crippen LogP contribution in [0.25, 0.3) is 0 Å². The van der Waals surface area contributed by atoms with E-state index in [-0.39, 0.29) is 17.5 Å². The number of hydrogen-bond acceptors (Lipinski definition) is 2. The first-order valence-corrected chi connectivity index (χ1v) is 7.66. The summed E-state index contributed by atoms with van der Waals surface area (Å²) in [5.41, 5.74) is -0.665. The standard InChI is InChI=1S/C16H22F4N2/c1-3-11(2)15(22-8-6-21-7-9-22)13-5-4-12(17)10-14(13)16(18,19)20/h4-5,10-11,15,21H,3,6-9H2,1-2H3/t11?,15-/m1/s1. The summed E-state index contributed by atoms with van der Waals surface area (Å²) in [6.07, 6.45) is -3.78. The van der Waals surface area contributed by atoms with Gasteiger partial charge in [-0.3, -0.25) is 4.90 Å². The molecule has 1 heterocycles. The Morgan fingerprint density at radius 2 is 1.86 bits per heavy atom. The van der Waals surface area contributed by atoms with Crippen LogP contribution < -0.4 is 5.32 Å². The molecule has 6 heteroatoms. The van der Waals surface area contributed by atoms with Gasteiger partial charge in [-0.1, -0.05) is 26.3 Å². The van der Waals surface area contributed by atoms with Gasteiger partial charge in [-0.05, 0) is 23.6 Å². The smallest absolute Gasteiger partial charge is 0.314 e. The van der Waals surface area contributed by atoms with Crippen molar-refractivity contribution in [3.8, 4) is 0 Å². The number of halogens is 4. The summed E-state index contributed by atoms with van der Waals surface area (Å²) in [7, 11) is 0. The molecule has 0 amide bonds. The molecule has 0 spiro atoms. The second-order valence-corrected chi connectivity index (χ2v) is 5.85. The molecule has 1 aromatic rings. The van der Waals surface area contributed by atoms with Crippen LogP contribution >= 0.6 is 0 Å². The lowest BCUT2D eigenvalue weighted by molar-refractivity contribution is -0.139. The molecule has 1 N–H and O–H groups in total. The topological polar surface area (TPSA) is 15.3 Å². The fraction of sp³-hybridized carbons (Fsp3) is 0.625. The van der Waals surface area contributed by atoms with Gasteiger partial charge >= 0.3 is 6.18 Å². The number of piperazine rings is 1. The van der Waals surface area contributed by atoms with Crippen molar-refractivity contribution in [2.45, 2.75) is 32.5 Å². The van der Waals surface area contributed by atoms with Gasteiger partial charge in [-0.2, -0.15) is 13.2 Å². The normalized spacial score (nSPS) is 19.9. The summed E-state index contributed by atoms with van der Waals surface area (Å²) in [4.78, 5) is 2.08. The van der Waals surface area contributed by atoms with Crippen LogP contribution in [0.3, 0.4) is 0 Å². The third-order valence-corrected chi connectivity index (χ3v) is 4.37. The van der Waals surface area contributed by atoms with Gasteiger partial charge in [0.15, 0.2) is 0 Å². The van der Waals surface area contributed by atoms with E-state index in [9.17, 15) is 17.6 Å². The molecule has 0 aromatic heterocycles. The maximum Gasteiger partial charge on any atom is 0.416 e. The number of nitrogens with zero attached hydrogens (tertiary/aromatic N) is 1. The van der Waals surface area contributed by atoms with E-state index in [1.165, 1.54) is 6.07 Å². The fourth-order valence-electron chi connectivity index (χ4n) is 3.08. The van der Waals surface area contributed by atoms with Crippen LogP contribution in [-0.4, -0.2) is 31.1 Å². The zero-order chi connectivity index (χ0) is 16.3. The summed E-state index contributed by atoms with van der Waals surface area (Å²) in [5.74, 6) is -0.788. The zero-order valence-corrected chi connectivity index (χ0v) is 12.9. The third-order valence-electron chi connectivity index (χ3n) is 4.37. The van der Waals surface area contributed by atoms with Crippen LogP contribution in [0, 0.1) is 11.7 Å². The molecule has 2 atom stereocenters. The quantitative estimate of drug-likeness (QED) is 0.849. The van der Waals surface area contributed by atoms with Gasteiger partial charge in [-0.25, -0.2) is 4.39 Å². The predicted octanol–water partition coefficient (Wildman–Crippen LogP) is 3.84. The minimum atomic E-state index is -4.54. The van der Waals surface area contributed by atoms with E-state index in [0.717, 1.165) is 25.6 Å². The van der Waals surface area contributed by atoms with Crippen LogP contribution in [0.5, 0.6) is 0 Å². The van der Waals surface area contributed by atoms with E-state index >= 15 is 0 Å². The van der Waals surface area contributed by atoms with Crippen LogP contribution in [-0.2, 0) is 6.18 Å². The first-order chi connectivity index (χ1) is 10.3. The van der Waals surface area contributed by atoms with Crippen molar-refractivity contribution >= 4 is 0 Å². The number of alkyl halides is 3. The van der Waals surface area contributed by atoms with E-state index in [1.807, 2.05) is 13.8 Å². The molecule has 1 unspecified atom stereocenters. The third kappa shape index (κ3) is 3.79. The van der Waals surface area contributed by atoms with Crippen LogP contribution in [0.4, 0.5) is 17.6 Å². The van der Waals surface area contributed by atoms with Crippen molar-refractivity contribution in [3.05, 3.63) is 35.1 Å². The van der Waals surface area contributed by atoms with E-state index in [2.05, 4.69) is 10.2 Å². The van der Waals surface area contributed by atoms with E-state index in [0.29, 0.717) is 19.2 Å². The van der Waals surface area contributed by atoms with Gasteiger partial charge in [-0.15, -0.1) is 0 Å². The molecule has 22 heavy (non-hydrogen) atoms. The van der Waals surface area contributed by atoms with Gasteiger partial charge in [0.1, 0.15) is 5.82 Å². The van der Waals surface area contributed by atoms with Crippen LogP contribution in [0.1, 0.15) is 37.4 Å². The van der Waals surface area contributed by atoms with Crippen LogP contribution in [0.2, 0.25) is 0 Å². The van der Waals surface area contributed by atoms with E-state index in [1.54, 1.807) is 0 Å². The molecule has 1 aliphatic heterocycles. The second kappa shape index (κ2) is 6.96. The fourth-order valence-corrected chi connectivity index (χ4v) is 3.08. The summed E-state index contributed by atoms with van der Waals surface area (Å²) < 4.78 is 53.3. The summed E-state index contributed by atoms with van der Waals surface area (Å²) in [5, 5.41) is 3.21. The number of nitrogens with one attached hydrogen (secondary N) is 1. The predicted molar refractivity (Wildman–Crippen MR) is 78.0 cm³/mol. The average molecular weight is 318 g/mol. The van der Waals surface area contributed by atoms with Crippen molar-refractivity contribution in [3.63, 3.8) is 0 Å². The highest BCUT2D eigenvalue weighted by Gasteiger charge is 2.38. The molecule has 124 valence electrons. The van der Waals surface area contributed by atoms with E-state index < -0.39 is 17.6 Å². The zero-order valence-electron chi connectivity index (χ0n) is 12.9. The molecule has 2 rings (SSSR count). The molecule has 1 aromatic carbocycles. The Bertz CT molecular complexity index is 495. The maximum absolute atomic E-state index is 13.3. The molecule has 1 fully saturated rings. The van der Waals surface area contributed by atoms with Gasteiger partial charge in [0.2, 0.25) is 0 Å². The van der Waals surface area contributed by atoms with E-state index in [4.69, 9.17) is 0 Å². The largest absolute Gasteiger partial charge is 0.416 e. The Labute approximate surface area is 128 Å². The highest BCUT2D eigenvalue weighted by atomic mass is 19.4. The van der Waals surface area contributed by atoms with Gasteiger partial charge < -0.3 is 5.32 Å². The monoisotopic (exact) mass is 318 g/mol. The number of hydrogen-bond donors (Lipinski definition) is 1. The SMILES string of the molecule is CCC(C)[C@H](c1ccc(F)cc1C(F)(F)F)N1CCNCC1. The van der Waals surface area contributed by atoms with Crippen molar-refractivity contribution in [1.29, 1.82) is 0 Å². The highest BCUT2D eigenvalue weighted by molar-refractivity contribution is 5.33. The van der Waals surface area contributed by atoms with Crippen LogP contribution in [0.15, 0.2) is 18.2 Å². The summed E-state index contributed by atoms with van der Waals surface area (Å²) in [6, 6.07) is 2.70. The molecule has 0 aliphatic carbocycles. The first kappa shape index (κ1) is 17.2. The first-order valence-electron chi connectivity index (χ1n) is 7.66. The van der Waals surface area contributed by atoms with Crippen molar-refractivity contribution in [2.75, 3.05) is 26.2 Å². The number of benzene rings is 1. The van der Waals surface area contributed by atoms with Gasteiger partial charge in [0, 0.05) is 32.2 Å². The summed E-state index contributed by atoms with van der Waals surface area (Å²) >= 11 is 0. The second-order valence-electron chi connectivity index (χ2n) is 5.85. The van der Waals surface area contributed by atoms with Crippen molar-refractivity contribution in [1.82, 2.24) is 10.2 Å². The Morgan fingerprint density at radius 1 is 1.23 bits per heavy atom. The van der Waals surface area contributed by atoms with Gasteiger partial charge in [0.05, 0.1) is 5.56 Å². The Balaban J connectivity index is 2.47. The van der Waals surface area contributed by atoms with Crippen molar-refractivity contribution in [2.24, 2.45) is 5.92 Å². The molecule has 2 nitrogen and oxygen atoms in total. The average Bonchev–Trinajstić information content (AvgIpc) is 2.48. The Hall–Kier alpha value is -1.14. The Morgan fingerprint density at radius 3 is 2.41 bits per heavy atom. The highest BCUT2D eigenvalue weighted by Crippen LogP contribution is 2.40. The van der Waals surface area contributed by atoms with Crippen molar-refractivity contribution < 1.29 is 17.6 Å². The molecule has 0 radical (unpaired) electrons. The lowest BCUT2D eigenvalue weighted by atomic mass is 9.87. The maximum atomic E-state index is 13.3. The molecular weight excluding hydrogens is 296 g/mol.